The quantitative estimate of drug-likeness (QED) is 0.573. The molecule has 2 heterocycles. The van der Waals surface area contributed by atoms with Crippen LogP contribution in [0.5, 0.6) is 0 Å². The Morgan fingerprint density at radius 1 is 1.67 bits per heavy atom. The third kappa shape index (κ3) is 1.06. The van der Waals surface area contributed by atoms with Crippen molar-refractivity contribution in [1.29, 1.82) is 5.26 Å². The number of pyridine rings is 1. The predicted octanol–water partition coefficient (Wildman–Crippen LogP) is 1.22. The summed E-state index contributed by atoms with van der Waals surface area (Å²) in [7, 11) is 0. The fourth-order valence-corrected chi connectivity index (χ4v) is 1.38. The molecule has 1 aromatic rings. The first kappa shape index (κ1) is 7.26. The van der Waals surface area contributed by atoms with Crippen molar-refractivity contribution >= 4 is 0 Å². The lowest BCUT2D eigenvalue weighted by Gasteiger charge is -2.19. The Bertz CT molecular complexity index is 330. The van der Waals surface area contributed by atoms with Gasteiger partial charge in [0.1, 0.15) is 0 Å². The van der Waals surface area contributed by atoms with E-state index in [2.05, 4.69) is 11.1 Å². The average Bonchev–Trinajstić information content (AvgIpc) is 2.17. The number of fused-ring (bicyclic) bond motifs is 1. The van der Waals surface area contributed by atoms with E-state index < -0.39 is 0 Å². The standard InChI is InChI=1S/C9H8N2O/c10-3-7-5-12-6-8-4-11-2-1-9(7)8/h1-2,4,7H,5-6H2. The topological polar surface area (TPSA) is 45.9 Å². The van der Waals surface area contributed by atoms with Crippen LogP contribution in [0.15, 0.2) is 18.5 Å². The van der Waals surface area contributed by atoms with Crippen LogP contribution in [0.1, 0.15) is 17.0 Å². The zero-order valence-electron chi connectivity index (χ0n) is 6.53. The van der Waals surface area contributed by atoms with Crippen molar-refractivity contribution in [2.24, 2.45) is 0 Å². The lowest BCUT2D eigenvalue weighted by Crippen LogP contribution is -2.15. The summed E-state index contributed by atoms with van der Waals surface area (Å²) in [5.74, 6) is -0.114. The van der Waals surface area contributed by atoms with Crippen molar-refractivity contribution in [1.82, 2.24) is 4.98 Å². The average molecular weight is 160 g/mol. The molecule has 0 saturated carbocycles. The molecule has 1 aliphatic heterocycles. The van der Waals surface area contributed by atoms with Crippen LogP contribution in [0.25, 0.3) is 0 Å². The molecular formula is C9H8N2O. The number of nitriles is 1. The SMILES string of the molecule is N#CC1COCc2cnccc21. The van der Waals surface area contributed by atoms with Crippen molar-refractivity contribution in [3.8, 4) is 6.07 Å². The third-order valence-corrected chi connectivity index (χ3v) is 2.01. The molecule has 1 aliphatic rings. The van der Waals surface area contributed by atoms with Gasteiger partial charge in [0.05, 0.1) is 25.2 Å². The van der Waals surface area contributed by atoms with Gasteiger partial charge in [0.25, 0.3) is 0 Å². The molecule has 0 amide bonds. The van der Waals surface area contributed by atoms with Crippen LogP contribution < -0.4 is 0 Å². The van der Waals surface area contributed by atoms with Crippen molar-refractivity contribution in [3.05, 3.63) is 29.6 Å². The van der Waals surface area contributed by atoms with Gasteiger partial charge in [-0.1, -0.05) is 0 Å². The molecule has 0 bridgehead atoms. The smallest absolute Gasteiger partial charge is 0.0951 e. The summed E-state index contributed by atoms with van der Waals surface area (Å²) >= 11 is 0. The van der Waals surface area contributed by atoms with Crippen molar-refractivity contribution < 1.29 is 4.74 Å². The highest BCUT2D eigenvalue weighted by Crippen LogP contribution is 2.24. The van der Waals surface area contributed by atoms with E-state index in [1.807, 2.05) is 6.07 Å². The first-order valence-electron chi connectivity index (χ1n) is 3.82. The normalized spacial score (nSPS) is 21.1. The van der Waals surface area contributed by atoms with Crippen molar-refractivity contribution in [3.63, 3.8) is 0 Å². The maximum atomic E-state index is 8.79. The minimum atomic E-state index is -0.114. The number of rotatable bonds is 0. The number of nitrogens with zero attached hydrogens (tertiary/aromatic N) is 2. The van der Waals surface area contributed by atoms with Gasteiger partial charge in [-0.2, -0.15) is 5.26 Å². The fraction of sp³-hybridized carbons (Fsp3) is 0.333. The van der Waals surface area contributed by atoms with Crippen LogP contribution in [-0.2, 0) is 11.3 Å². The Balaban J connectivity index is 2.45. The molecule has 0 fully saturated rings. The van der Waals surface area contributed by atoms with Crippen LogP contribution in [-0.4, -0.2) is 11.6 Å². The second-order valence-corrected chi connectivity index (χ2v) is 2.77. The Morgan fingerprint density at radius 2 is 2.58 bits per heavy atom. The molecule has 0 N–H and O–H groups in total. The summed E-state index contributed by atoms with van der Waals surface area (Å²) in [5.41, 5.74) is 2.11. The summed E-state index contributed by atoms with van der Waals surface area (Å²) < 4.78 is 5.24. The van der Waals surface area contributed by atoms with Crippen LogP contribution >= 0.6 is 0 Å². The molecule has 0 radical (unpaired) electrons. The molecule has 12 heavy (non-hydrogen) atoms. The van der Waals surface area contributed by atoms with E-state index in [4.69, 9.17) is 10.00 Å². The minimum Gasteiger partial charge on any atom is -0.375 e. The van der Waals surface area contributed by atoms with Gasteiger partial charge < -0.3 is 4.74 Å². The molecular weight excluding hydrogens is 152 g/mol. The summed E-state index contributed by atoms with van der Waals surface area (Å²) in [6.45, 7) is 1.09. The molecule has 3 heteroatoms. The highest BCUT2D eigenvalue weighted by Gasteiger charge is 2.19. The second-order valence-electron chi connectivity index (χ2n) is 2.77. The summed E-state index contributed by atoms with van der Waals surface area (Å²) in [6.07, 6.45) is 3.48. The first-order chi connectivity index (χ1) is 5.92. The number of ether oxygens (including phenoxy) is 1. The molecule has 0 aliphatic carbocycles. The van der Waals surface area contributed by atoms with E-state index in [9.17, 15) is 0 Å². The highest BCUT2D eigenvalue weighted by molar-refractivity contribution is 5.32. The van der Waals surface area contributed by atoms with E-state index in [1.54, 1.807) is 12.4 Å². The predicted molar refractivity (Wildman–Crippen MR) is 42.2 cm³/mol. The van der Waals surface area contributed by atoms with E-state index in [0.29, 0.717) is 13.2 Å². The maximum Gasteiger partial charge on any atom is 0.0951 e. The fourth-order valence-electron chi connectivity index (χ4n) is 1.38. The van der Waals surface area contributed by atoms with Crippen molar-refractivity contribution in [2.75, 3.05) is 6.61 Å². The van der Waals surface area contributed by atoms with Crippen molar-refractivity contribution in [2.45, 2.75) is 12.5 Å². The lowest BCUT2D eigenvalue weighted by molar-refractivity contribution is 0.102. The lowest BCUT2D eigenvalue weighted by atomic mass is 9.96. The van der Waals surface area contributed by atoms with Gasteiger partial charge in [-0.05, 0) is 11.6 Å². The molecule has 0 aromatic carbocycles. The minimum absolute atomic E-state index is 0.114. The van der Waals surface area contributed by atoms with Gasteiger partial charge in [0.15, 0.2) is 0 Å². The Labute approximate surface area is 70.6 Å². The Morgan fingerprint density at radius 3 is 3.42 bits per heavy atom. The van der Waals surface area contributed by atoms with E-state index in [-0.39, 0.29) is 5.92 Å². The first-order valence-corrected chi connectivity index (χ1v) is 3.82. The zero-order valence-corrected chi connectivity index (χ0v) is 6.53. The molecule has 1 aromatic heterocycles. The maximum absolute atomic E-state index is 8.79. The monoisotopic (exact) mass is 160 g/mol. The molecule has 60 valence electrons. The van der Waals surface area contributed by atoms with Gasteiger partial charge in [-0.25, -0.2) is 0 Å². The summed E-state index contributed by atoms with van der Waals surface area (Å²) in [6, 6.07) is 4.10. The summed E-state index contributed by atoms with van der Waals surface area (Å²) in [5, 5.41) is 8.79. The van der Waals surface area contributed by atoms with Crippen LogP contribution in [0.4, 0.5) is 0 Å². The Kier molecular flexibility index (Phi) is 1.77. The van der Waals surface area contributed by atoms with Crippen LogP contribution in [0.2, 0.25) is 0 Å². The molecule has 2 rings (SSSR count). The molecule has 1 atom stereocenters. The highest BCUT2D eigenvalue weighted by atomic mass is 16.5. The zero-order chi connectivity index (χ0) is 8.39. The van der Waals surface area contributed by atoms with E-state index >= 15 is 0 Å². The van der Waals surface area contributed by atoms with Crippen LogP contribution in [0.3, 0.4) is 0 Å². The van der Waals surface area contributed by atoms with E-state index in [0.717, 1.165) is 11.1 Å². The molecule has 0 saturated heterocycles. The van der Waals surface area contributed by atoms with Gasteiger partial charge in [0.2, 0.25) is 0 Å². The van der Waals surface area contributed by atoms with E-state index in [1.165, 1.54) is 0 Å². The van der Waals surface area contributed by atoms with Crippen LogP contribution in [0, 0.1) is 11.3 Å². The second kappa shape index (κ2) is 2.92. The van der Waals surface area contributed by atoms with Gasteiger partial charge in [0, 0.05) is 18.0 Å². The van der Waals surface area contributed by atoms with Gasteiger partial charge >= 0.3 is 0 Å². The van der Waals surface area contributed by atoms with Gasteiger partial charge in [-0.15, -0.1) is 0 Å². The Hall–Kier alpha value is -1.40. The molecule has 0 spiro atoms. The number of aromatic nitrogens is 1. The molecule has 1 unspecified atom stereocenters. The number of hydrogen-bond donors (Lipinski definition) is 0. The largest absolute Gasteiger partial charge is 0.375 e. The third-order valence-electron chi connectivity index (χ3n) is 2.01. The molecule has 3 nitrogen and oxygen atoms in total. The van der Waals surface area contributed by atoms with Gasteiger partial charge in [-0.3, -0.25) is 4.98 Å². The summed E-state index contributed by atoms with van der Waals surface area (Å²) in [4.78, 5) is 3.98. The number of hydrogen-bond acceptors (Lipinski definition) is 3.